The molecule has 2 atom stereocenters. The fraction of sp³-hybridized carbons (Fsp3) is 0.643. The summed E-state index contributed by atoms with van der Waals surface area (Å²) in [4.78, 5) is 4.31. The maximum Gasteiger partial charge on any atom is 0.218 e. The normalized spacial score (nSPS) is 14.2. The van der Waals surface area contributed by atoms with Crippen LogP contribution < -0.4 is 10.1 Å². The second-order valence-corrected chi connectivity index (χ2v) is 4.27. The van der Waals surface area contributed by atoms with Gasteiger partial charge in [-0.05, 0) is 33.4 Å². The standard InChI is InChI=1S/C14H24N2O2/c1-5-15-12(4)13-8-7-9-16-14(13)18-11(3)10-17-6-2/h7-9,11-12,15H,5-6,10H2,1-4H3. The summed E-state index contributed by atoms with van der Waals surface area (Å²) in [5.74, 6) is 0.693. The molecule has 2 unspecified atom stereocenters. The van der Waals surface area contributed by atoms with Crippen LogP contribution in [0.25, 0.3) is 0 Å². The lowest BCUT2D eigenvalue weighted by Crippen LogP contribution is -2.23. The number of ether oxygens (including phenoxy) is 2. The molecule has 4 heteroatoms. The molecule has 0 saturated heterocycles. The van der Waals surface area contributed by atoms with Crippen molar-refractivity contribution in [3.05, 3.63) is 23.9 Å². The molecule has 0 spiro atoms. The molecule has 0 aliphatic carbocycles. The molecule has 1 aromatic rings. The highest BCUT2D eigenvalue weighted by atomic mass is 16.5. The van der Waals surface area contributed by atoms with Crippen LogP contribution in [0.15, 0.2) is 18.3 Å². The summed E-state index contributed by atoms with van der Waals surface area (Å²) in [5, 5.41) is 3.37. The van der Waals surface area contributed by atoms with Crippen LogP contribution in [0, 0.1) is 0 Å². The molecule has 1 heterocycles. The van der Waals surface area contributed by atoms with Crippen molar-refractivity contribution in [3.8, 4) is 5.88 Å². The van der Waals surface area contributed by atoms with Gasteiger partial charge in [-0.1, -0.05) is 13.0 Å². The molecule has 0 aliphatic heterocycles. The third-order valence-corrected chi connectivity index (χ3v) is 2.65. The van der Waals surface area contributed by atoms with E-state index >= 15 is 0 Å². The number of rotatable bonds is 8. The van der Waals surface area contributed by atoms with Crippen molar-refractivity contribution >= 4 is 0 Å². The van der Waals surface area contributed by atoms with Gasteiger partial charge in [-0.2, -0.15) is 0 Å². The van der Waals surface area contributed by atoms with Crippen LogP contribution in [0.4, 0.5) is 0 Å². The summed E-state index contributed by atoms with van der Waals surface area (Å²) in [6.07, 6.45) is 1.76. The Bertz CT molecular complexity index is 344. The van der Waals surface area contributed by atoms with Crippen molar-refractivity contribution in [2.24, 2.45) is 0 Å². The number of nitrogens with one attached hydrogen (secondary N) is 1. The minimum atomic E-state index is 0.00688. The molecule has 102 valence electrons. The third kappa shape index (κ3) is 4.63. The number of aromatic nitrogens is 1. The number of nitrogens with zero attached hydrogens (tertiary/aromatic N) is 1. The summed E-state index contributed by atoms with van der Waals surface area (Å²) in [5.41, 5.74) is 1.09. The Morgan fingerprint density at radius 3 is 2.78 bits per heavy atom. The molecule has 0 aliphatic rings. The molecule has 0 saturated carbocycles. The maximum absolute atomic E-state index is 5.84. The predicted molar refractivity (Wildman–Crippen MR) is 72.9 cm³/mol. The van der Waals surface area contributed by atoms with E-state index in [0.29, 0.717) is 19.1 Å². The first-order valence-corrected chi connectivity index (χ1v) is 6.61. The SMILES string of the molecule is CCNC(C)c1cccnc1OC(C)COCC. The molecular weight excluding hydrogens is 228 g/mol. The van der Waals surface area contributed by atoms with Gasteiger partial charge in [0.15, 0.2) is 0 Å². The first kappa shape index (κ1) is 14.9. The second kappa shape index (κ2) is 8.06. The van der Waals surface area contributed by atoms with Crippen molar-refractivity contribution in [3.63, 3.8) is 0 Å². The van der Waals surface area contributed by atoms with E-state index in [4.69, 9.17) is 9.47 Å². The minimum absolute atomic E-state index is 0.00688. The topological polar surface area (TPSA) is 43.4 Å². The van der Waals surface area contributed by atoms with Gasteiger partial charge < -0.3 is 14.8 Å². The molecule has 0 fully saturated rings. The van der Waals surface area contributed by atoms with Gasteiger partial charge >= 0.3 is 0 Å². The van der Waals surface area contributed by atoms with Gasteiger partial charge in [0.25, 0.3) is 0 Å². The van der Waals surface area contributed by atoms with Gasteiger partial charge in [0.2, 0.25) is 5.88 Å². The van der Waals surface area contributed by atoms with E-state index in [1.165, 1.54) is 0 Å². The van der Waals surface area contributed by atoms with Crippen LogP contribution in [-0.4, -0.2) is 30.8 Å². The Hall–Kier alpha value is -1.13. The zero-order valence-electron chi connectivity index (χ0n) is 11.8. The zero-order chi connectivity index (χ0) is 13.4. The third-order valence-electron chi connectivity index (χ3n) is 2.65. The number of hydrogen-bond acceptors (Lipinski definition) is 4. The van der Waals surface area contributed by atoms with Crippen LogP contribution >= 0.6 is 0 Å². The molecule has 1 N–H and O–H groups in total. The quantitative estimate of drug-likeness (QED) is 0.772. The monoisotopic (exact) mass is 252 g/mol. The molecule has 0 radical (unpaired) electrons. The van der Waals surface area contributed by atoms with E-state index in [1.807, 2.05) is 26.0 Å². The summed E-state index contributed by atoms with van der Waals surface area (Å²) in [6.45, 7) is 10.4. The molecule has 1 rings (SSSR count). The molecule has 0 bridgehead atoms. The van der Waals surface area contributed by atoms with E-state index < -0.39 is 0 Å². The Morgan fingerprint density at radius 2 is 2.11 bits per heavy atom. The minimum Gasteiger partial charge on any atom is -0.472 e. The first-order chi connectivity index (χ1) is 8.69. The number of pyridine rings is 1. The molecule has 0 amide bonds. The Balaban J connectivity index is 2.69. The van der Waals surface area contributed by atoms with Crippen molar-refractivity contribution in [2.75, 3.05) is 19.8 Å². The summed E-state index contributed by atoms with van der Waals surface area (Å²) < 4.78 is 11.2. The Labute approximate surface area is 110 Å². The van der Waals surface area contributed by atoms with E-state index in [9.17, 15) is 0 Å². The van der Waals surface area contributed by atoms with Gasteiger partial charge in [0.1, 0.15) is 6.10 Å². The molecule has 18 heavy (non-hydrogen) atoms. The van der Waals surface area contributed by atoms with Gasteiger partial charge in [0.05, 0.1) is 6.61 Å². The lowest BCUT2D eigenvalue weighted by molar-refractivity contribution is 0.0625. The lowest BCUT2D eigenvalue weighted by Gasteiger charge is -2.19. The Kier molecular flexibility index (Phi) is 6.68. The maximum atomic E-state index is 5.84. The summed E-state index contributed by atoms with van der Waals surface area (Å²) in [7, 11) is 0. The molecule has 1 aromatic heterocycles. The highest BCUT2D eigenvalue weighted by molar-refractivity contribution is 5.28. The lowest BCUT2D eigenvalue weighted by atomic mass is 10.1. The summed E-state index contributed by atoms with van der Waals surface area (Å²) in [6, 6.07) is 4.21. The Morgan fingerprint density at radius 1 is 1.33 bits per heavy atom. The van der Waals surface area contributed by atoms with Crippen LogP contribution in [0.3, 0.4) is 0 Å². The van der Waals surface area contributed by atoms with Gasteiger partial charge in [0, 0.05) is 24.4 Å². The first-order valence-electron chi connectivity index (χ1n) is 6.61. The molecule has 0 aromatic carbocycles. The zero-order valence-corrected chi connectivity index (χ0v) is 11.8. The van der Waals surface area contributed by atoms with Crippen molar-refractivity contribution < 1.29 is 9.47 Å². The van der Waals surface area contributed by atoms with Crippen LogP contribution in [-0.2, 0) is 4.74 Å². The molecule has 4 nitrogen and oxygen atoms in total. The average molecular weight is 252 g/mol. The average Bonchev–Trinajstić information content (AvgIpc) is 2.37. The van der Waals surface area contributed by atoms with E-state index in [1.54, 1.807) is 6.20 Å². The van der Waals surface area contributed by atoms with Crippen LogP contribution in [0.2, 0.25) is 0 Å². The fourth-order valence-corrected chi connectivity index (χ4v) is 1.76. The van der Waals surface area contributed by atoms with E-state index in [2.05, 4.69) is 24.1 Å². The highest BCUT2D eigenvalue weighted by Crippen LogP contribution is 2.23. The predicted octanol–water partition coefficient (Wildman–Crippen LogP) is 2.56. The van der Waals surface area contributed by atoms with Gasteiger partial charge in [-0.15, -0.1) is 0 Å². The van der Waals surface area contributed by atoms with E-state index in [0.717, 1.165) is 12.1 Å². The van der Waals surface area contributed by atoms with Crippen LogP contribution in [0.1, 0.15) is 39.3 Å². The summed E-state index contributed by atoms with van der Waals surface area (Å²) >= 11 is 0. The van der Waals surface area contributed by atoms with Gasteiger partial charge in [-0.3, -0.25) is 0 Å². The molecular formula is C14H24N2O2. The largest absolute Gasteiger partial charge is 0.472 e. The van der Waals surface area contributed by atoms with Crippen molar-refractivity contribution in [1.29, 1.82) is 0 Å². The smallest absolute Gasteiger partial charge is 0.218 e. The van der Waals surface area contributed by atoms with Crippen molar-refractivity contribution in [1.82, 2.24) is 10.3 Å². The highest BCUT2D eigenvalue weighted by Gasteiger charge is 2.14. The number of hydrogen-bond donors (Lipinski definition) is 1. The van der Waals surface area contributed by atoms with Gasteiger partial charge in [-0.25, -0.2) is 4.98 Å². The van der Waals surface area contributed by atoms with Crippen molar-refractivity contribution in [2.45, 2.75) is 39.8 Å². The fourth-order valence-electron chi connectivity index (χ4n) is 1.76. The van der Waals surface area contributed by atoms with E-state index in [-0.39, 0.29) is 12.1 Å². The second-order valence-electron chi connectivity index (χ2n) is 4.27. The van der Waals surface area contributed by atoms with Crippen LogP contribution in [0.5, 0.6) is 5.88 Å².